The van der Waals surface area contributed by atoms with E-state index in [0.717, 1.165) is 22.5 Å². The van der Waals surface area contributed by atoms with Crippen molar-refractivity contribution in [1.29, 1.82) is 0 Å². The van der Waals surface area contributed by atoms with Gasteiger partial charge in [-0.3, -0.25) is 4.98 Å². The molecule has 142 valence electrons. The summed E-state index contributed by atoms with van der Waals surface area (Å²) in [5, 5.41) is 5.28. The minimum absolute atomic E-state index is 0.00117. The molecule has 0 saturated carbocycles. The first-order valence-electron chi connectivity index (χ1n) is 8.10. The molecule has 1 aliphatic rings. The second kappa shape index (κ2) is 7.08. The lowest BCUT2D eigenvalue weighted by Crippen LogP contribution is -2.24. The van der Waals surface area contributed by atoms with E-state index in [-0.39, 0.29) is 16.0 Å². The Hall–Kier alpha value is -2.62. The molecule has 0 unspecified atom stereocenters. The fraction of sp³-hybridized carbons (Fsp3) is 0.0556. The third-order valence-corrected chi connectivity index (χ3v) is 6.93. The third kappa shape index (κ3) is 3.56. The second-order valence-electron chi connectivity index (χ2n) is 6.03. The van der Waals surface area contributed by atoms with Gasteiger partial charge in [-0.05, 0) is 36.4 Å². The maximum atomic E-state index is 12.5. The summed E-state index contributed by atoms with van der Waals surface area (Å²) in [6.45, 7) is 1.74. The van der Waals surface area contributed by atoms with Crippen LogP contribution in [0.3, 0.4) is 0 Å². The fourth-order valence-corrected chi connectivity index (χ4v) is 5.49. The van der Waals surface area contributed by atoms with Crippen LogP contribution >= 0.6 is 23.4 Å². The van der Waals surface area contributed by atoms with Crippen LogP contribution < -0.4 is 11.1 Å². The maximum Gasteiger partial charge on any atom is 0.285 e. The number of benzene rings is 2. The van der Waals surface area contributed by atoms with Gasteiger partial charge in [0.15, 0.2) is 5.96 Å². The number of fused-ring (bicyclic) bond motifs is 2. The summed E-state index contributed by atoms with van der Waals surface area (Å²) < 4.78 is 28.7. The van der Waals surface area contributed by atoms with E-state index < -0.39 is 10.0 Å². The Balaban J connectivity index is 1.67. The van der Waals surface area contributed by atoms with Crippen LogP contribution in [0.25, 0.3) is 10.8 Å². The van der Waals surface area contributed by atoms with Crippen molar-refractivity contribution in [1.82, 2.24) is 4.98 Å². The Labute approximate surface area is 170 Å². The van der Waals surface area contributed by atoms with Crippen LogP contribution in [0.2, 0.25) is 5.02 Å². The highest BCUT2D eigenvalue weighted by molar-refractivity contribution is 8.15. The number of hydrogen-bond donors (Lipinski definition) is 2. The molecule has 0 bridgehead atoms. The Bertz CT molecular complexity index is 1270. The normalized spacial score (nSPS) is 15.8. The number of anilines is 1. The van der Waals surface area contributed by atoms with Crippen molar-refractivity contribution in [2.45, 2.75) is 16.7 Å². The minimum Gasteiger partial charge on any atom is -0.369 e. The number of hydrogen-bond acceptors (Lipinski definition) is 5. The number of nitrogens with one attached hydrogen (secondary N) is 1. The number of halogens is 1. The lowest BCUT2D eigenvalue weighted by atomic mass is 10.1. The Morgan fingerprint density at radius 3 is 2.86 bits per heavy atom. The number of pyridine rings is 1. The predicted molar refractivity (Wildman–Crippen MR) is 114 cm³/mol. The number of guanidine groups is 1. The van der Waals surface area contributed by atoms with E-state index in [0.29, 0.717) is 21.2 Å². The molecule has 0 saturated heterocycles. The molecule has 1 aromatic heterocycles. The topological polar surface area (TPSA) is 110 Å². The molecule has 10 heteroatoms. The van der Waals surface area contributed by atoms with Gasteiger partial charge < -0.3 is 11.1 Å². The van der Waals surface area contributed by atoms with Crippen LogP contribution in [-0.2, 0) is 10.0 Å². The highest BCUT2D eigenvalue weighted by atomic mass is 35.5. The average molecular weight is 432 g/mol. The molecule has 1 aliphatic heterocycles. The molecular weight excluding hydrogens is 418 g/mol. The molecule has 0 atom stereocenters. The zero-order valence-corrected chi connectivity index (χ0v) is 16.9. The maximum absolute atomic E-state index is 12.5. The van der Waals surface area contributed by atoms with Crippen LogP contribution in [0.15, 0.2) is 68.0 Å². The Morgan fingerprint density at radius 1 is 1.25 bits per heavy atom. The Morgan fingerprint density at radius 2 is 2.04 bits per heavy atom. The number of aryl methyl sites for hydroxylation is 1. The molecule has 0 aliphatic carbocycles. The largest absolute Gasteiger partial charge is 0.369 e. The highest BCUT2D eigenvalue weighted by Crippen LogP contribution is 2.37. The lowest BCUT2D eigenvalue weighted by molar-refractivity contribution is 0.595. The summed E-state index contributed by atoms with van der Waals surface area (Å²) in [6, 6.07) is 10.8. The van der Waals surface area contributed by atoms with Crippen molar-refractivity contribution < 1.29 is 8.42 Å². The van der Waals surface area contributed by atoms with Gasteiger partial charge in [-0.15, -0.1) is 4.40 Å². The van der Waals surface area contributed by atoms with Crippen LogP contribution in [0.4, 0.5) is 5.69 Å². The average Bonchev–Trinajstić information content (AvgIpc) is 2.63. The SMILES string of the molecule is Cc1cc2c(cc1Cl)SC(/N=C(/N)Nc1cncc3ccccc13)=NS2(=O)=O. The van der Waals surface area contributed by atoms with Gasteiger partial charge in [-0.1, -0.05) is 35.9 Å². The standard InChI is InChI=1S/C18H14ClN5O2S2/c1-10-6-16-15(7-13(10)19)27-18(24-28(16,25)26)23-17(20)22-14-9-21-8-11-4-2-3-5-12(11)14/h2-9H,1H3,(H3,20,22,23,24). The van der Waals surface area contributed by atoms with Gasteiger partial charge in [-0.2, -0.15) is 13.4 Å². The van der Waals surface area contributed by atoms with E-state index in [1.807, 2.05) is 24.3 Å². The van der Waals surface area contributed by atoms with Crippen LogP contribution in [-0.4, -0.2) is 24.5 Å². The number of thioether (sulfide) groups is 1. The molecule has 3 N–H and O–H groups in total. The van der Waals surface area contributed by atoms with Crippen molar-refractivity contribution in [2.24, 2.45) is 15.1 Å². The van der Waals surface area contributed by atoms with Crippen LogP contribution in [0.5, 0.6) is 0 Å². The van der Waals surface area contributed by atoms with E-state index in [4.69, 9.17) is 17.3 Å². The smallest absolute Gasteiger partial charge is 0.285 e. The van der Waals surface area contributed by atoms with E-state index >= 15 is 0 Å². The molecule has 2 aromatic carbocycles. The molecule has 0 amide bonds. The molecule has 0 fully saturated rings. The van der Waals surface area contributed by atoms with Gasteiger partial charge in [0, 0.05) is 26.9 Å². The van der Waals surface area contributed by atoms with Crippen molar-refractivity contribution in [3.8, 4) is 0 Å². The fourth-order valence-electron chi connectivity index (χ4n) is 2.72. The molecule has 2 heterocycles. The quantitative estimate of drug-likeness (QED) is 0.448. The third-order valence-electron chi connectivity index (χ3n) is 4.05. The predicted octanol–water partition coefficient (Wildman–Crippen LogP) is 3.77. The molecule has 0 spiro atoms. The summed E-state index contributed by atoms with van der Waals surface area (Å²) in [5.41, 5.74) is 7.30. The zero-order valence-electron chi connectivity index (χ0n) is 14.5. The first-order valence-corrected chi connectivity index (χ1v) is 10.7. The number of sulfonamides is 1. The Kier molecular flexibility index (Phi) is 4.74. The van der Waals surface area contributed by atoms with Gasteiger partial charge in [0.1, 0.15) is 4.90 Å². The number of nitrogens with zero attached hydrogens (tertiary/aromatic N) is 3. The number of rotatable bonds is 1. The molecule has 28 heavy (non-hydrogen) atoms. The van der Waals surface area contributed by atoms with Gasteiger partial charge in [-0.25, -0.2) is 0 Å². The summed E-state index contributed by atoms with van der Waals surface area (Å²) in [7, 11) is -3.88. The molecule has 7 nitrogen and oxygen atoms in total. The monoisotopic (exact) mass is 431 g/mol. The molecule has 3 aromatic rings. The van der Waals surface area contributed by atoms with Gasteiger partial charge in [0.05, 0.1) is 11.9 Å². The molecular formula is C18H14ClN5O2S2. The molecule has 0 radical (unpaired) electrons. The number of nitrogens with two attached hydrogens (primary N) is 1. The number of aliphatic imine (C=N–C) groups is 1. The highest BCUT2D eigenvalue weighted by Gasteiger charge is 2.27. The van der Waals surface area contributed by atoms with Gasteiger partial charge in [0.2, 0.25) is 5.17 Å². The van der Waals surface area contributed by atoms with E-state index in [1.165, 1.54) is 6.07 Å². The minimum atomic E-state index is -3.88. The zero-order chi connectivity index (χ0) is 19.9. The molecule has 4 rings (SSSR count). The van der Waals surface area contributed by atoms with Crippen molar-refractivity contribution >= 4 is 61.0 Å². The summed E-state index contributed by atoms with van der Waals surface area (Å²) >= 11 is 7.22. The van der Waals surface area contributed by atoms with Gasteiger partial charge in [0.25, 0.3) is 10.0 Å². The van der Waals surface area contributed by atoms with Crippen LogP contribution in [0.1, 0.15) is 5.56 Å². The first-order chi connectivity index (χ1) is 13.3. The summed E-state index contributed by atoms with van der Waals surface area (Å²) in [4.78, 5) is 8.87. The van der Waals surface area contributed by atoms with Crippen molar-refractivity contribution in [3.05, 3.63) is 59.4 Å². The number of amidine groups is 1. The van der Waals surface area contributed by atoms with Crippen molar-refractivity contribution in [2.75, 3.05) is 5.32 Å². The summed E-state index contributed by atoms with van der Waals surface area (Å²) in [6.07, 6.45) is 3.36. The van der Waals surface area contributed by atoms with Gasteiger partial charge >= 0.3 is 0 Å². The van der Waals surface area contributed by atoms with E-state index in [1.54, 1.807) is 25.4 Å². The first kappa shape index (κ1) is 18.7. The van der Waals surface area contributed by atoms with Crippen molar-refractivity contribution in [3.63, 3.8) is 0 Å². The van der Waals surface area contributed by atoms with Crippen LogP contribution in [0, 0.1) is 6.92 Å². The summed E-state index contributed by atoms with van der Waals surface area (Å²) in [5.74, 6) is 0.00117. The van der Waals surface area contributed by atoms with E-state index in [2.05, 4.69) is 19.7 Å². The number of aromatic nitrogens is 1. The second-order valence-corrected chi connectivity index (χ2v) is 9.02. The lowest BCUT2D eigenvalue weighted by Gasteiger charge is -2.15. The van der Waals surface area contributed by atoms with E-state index in [9.17, 15) is 8.42 Å².